The molecule has 0 aliphatic heterocycles. The van der Waals surface area contributed by atoms with Gasteiger partial charge in [0.05, 0.1) is 12.5 Å². The summed E-state index contributed by atoms with van der Waals surface area (Å²) in [6.45, 7) is 2.55. The van der Waals surface area contributed by atoms with Crippen molar-refractivity contribution in [2.75, 3.05) is 11.4 Å². The van der Waals surface area contributed by atoms with Crippen LogP contribution in [-0.4, -0.2) is 11.5 Å². The van der Waals surface area contributed by atoms with E-state index in [1.165, 1.54) is 0 Å². The van der Waals surface area contributed by atoms with Crippen LogP contribution < -0.4 is 10.6 Å². The maximum absolute atomic E-state index is 8.81. The third-order valence-corrected chi connectivity index (χ3v) is 3.09. The second-order valence-corrected chi connectivity index (χ2v) is 4.63. The van der Waals surface area contributed by atoms with Crippen LogP contribution in [0.5, 0.6) is 0 Å². The number of aromatic nitrogens is 1. The third-order valence-electron chi connectivity index (χ3n) is 3.09. The Labute approximate surface area is 119 Å². The number of benzene rings is 1. The average molecular weight is 266 g/mol. The highest BCUT2D eigenvalue weighted by Crippen LogP contribution is 2.24. The number of para-hydroxylation sites is 1. The second kappa shape index (κ2) is 6.69. The SMILES string of the molecule is C[C@H](N)c1ccc(N(CCC#N)c2ccccc2)nc1. The van der Waals surface area contributed by atoms with Crippen LogP contribution in [0.3, 0.4) is 0 Å². The number of anilines is 2. The molecule has 1 aromatic heterocycles. The van der Waals surface area contributed by atoms with Crippen molar-refractivity contribution >= 4 is 11.5 Å². The van der Waals surface area contributed by atoms with Crippen molar-refractivity contribution in [3.05, 3.63) is 54.2 Å². The first-order valence-corrected chi connectivity index (χ1v) is 6.63. The summed E-state index contributed by atoms with van der Waals surface area (Å²) in [7, 11) is 0. The van der Waals surface area contributed by atoms with Crippen molar-refractivity contribution in [2.24, 2.45) is 5.73 Å². The molecule has 102 valence electrons. The fourth-order valence-electron chi connectivity index (χ4n) is 1.97. The smallest absolute Gasteiger partial charge is 0.132 e. The zero-order valence-electron chi connectivity index (χ0n) is 11.5. The van der Waals surface area contributed by atoms with Gasteiger partial charge < -0.3 is 10.6 Å². The van der Waals surface area contributed by atoms with E-state index in [4.69, 9.17) is 11.0 Å². The number of nitrogens with two attached hydrogens (primary N) is 1. The van der Waals surface area contributed by atoms with Crippen LogP contribution in [0.2, 0.25) is 0 Å². The van der Waals surface area contributed by atoms with Crippen LogP contribution in [0.1, 0.15) is 24.9 Å². The van der Waals surface area contributed by atoms with E-state index in [0.29, 0.717) is 13.0 Å². The van der Waals surface area contributed by atoms with Crippen molar-refractivity contribution < 1.29 is 0 Å². The Morgan fingerprint density at radius 2 is 2.00 bits per heavy atom. The van der Waals surface area contributed by atoms with E-state index in [-0.39, 0.29) is 6.04 Å². The second-order valence-electron chi connectivity index (χ2n) is 4.63. The van der Waals surface area contributed by atoms with Gasteiger partial charge in [-0.3, -0.25) is 0 Å². The summed E-state index contributed by atoms with van der Waals surface area (Å²) < 4.78 is 0. The van der Waals surface area contributed by atoms with E-state index in [0.717, 1.165) is 17.1 Å². The topological polar surface area (TPSA) is 65.9 Å². The molecular weight excluding hydrogens is 248 g/mol. The highest BCUT2D eigenvalue weighted by molar-refractivity contribution is 5.59. The van der Waals surface area contributed by atoms with Gasteiger partial charge in [-0.2, -0.15) is 5.26 Å². The molecule has 20 heavy (non-hydrogen) atoms. The minimum atomic E-state index is -0.0270. The van der Waals surface area contributed by atoms with E-state index in [9.17, 15) is 0 Å². The van der Waals surface area contributed by atoms with Crippen LogP contribution in [0.25, 0.3) is 0 Å². The van der Waals surface area contributed by atoms with Gasteiger partial charge in [0.1, 0.15) is 5.82 Å². The van der Waals surface area contributed by atoms with Crippen LogP contribution in [0.15, 0.2) is 48.7 Å². The molecule has 0 saturated heterocycles. The van der Waals surface area contributed by atoms with Crippen molar-refractivity contribution in [1.29, 1.82) is 5.26 Å². The molecule has 0 amide bonds. The summed E-state index contributed by atoms with van der Waals surface area (Å²) in [4.78, 5) is 6.50. The maximum Gasteiger partial charge on any atom is 0.132 e. The lowest BCUT2D eigenvalue weighted by molar-refractivity contribution is 0.809. The Balaban J connectivity index is 2.29. The van der Waals surface area contributed by atoms with Gasteiger partial charge in [-0.05, 0) is 30.7 Å². The van der Waals surface area contributed by atoms with E-state index < -0.39 is 0 Å². The maximum atomic E-state index is 8.81. The summed E-state index contributed by atoms with van der Waals surface area (Å²) in [5.74, 6) is 0.829. The first-order chi connectivity index (χ1) is 9.72. The zero-order chi connectivity index (χ0) is 14.4. The Morgan fingerprint density at radius 3 is 2.55 bits per heavy atom. The molecular formula is C16H18N4. The standard InChI is InChI=1S/C16H18N4/c1-13(18)14-8-9-16(19-12-14)20(11-5-10-17)15-6-3-2-4-7-15/h2-4,6-9,12-13H,5,11,18H2,1H3/t13-/m0/s1. The normalized spacial score (nSPS) is 11.7. The number of nitrogens with zero attached hydrogens (tertiary/aromatic N) is 3. The van der Waals surface area contributed by atoms with E-state index >= 15 is 0 Å². The van der Waals surface area contributed by atoms with Crippen molar-refractivity contribution in [3.8, 4) is 6.07 Å². The molecule has 2 rings (SSSR count). The fourth-order valence-corrected chi connectivity index (χ4v) is 1.97. The quantitative estimate of drug-likeness (QED) is 0.902. The van der Waals surface area contributed by atoms with Gasteiger partial charge >= 0.3 is 0 Å². The first kappa shape index (κ1) is 14.0. The summed E-state index contributed by atoms with van der Waals surface area (Å²) in [6.07, 6.45) is 2.24. The largest absolute Gasteiger partial charge is 0.325 e. The lowest BCUT2D eigenvalue weighted by Crippen LogP contribution is -2.19. The molecule has 0 radical (unpaired) electrons. The van der Waals surface area contributed by atoms with Crippen molar-refractivity contribution in [3.63, 3.8) is 0 Å². The number of pyridine rings is 1. The Hall–Kier alpha value is -2.38. The lowest BCUT2D eigenvalue weighted by atomic mass is 10.1. The number of rotatable bonds is 5. The fraction of sp³-hybridized carbons (Fsp3) is 0.250. The number of hydrogen-bond donors (Lipinski definition) is 1. The Bertz CT molecular complexity index is 570. The number of hydrogen-bond acceptors (Lipinski definition) is 4. The van der Waals surface area contributed by atoms with Gasteiger partial charge in [0.15, 0.2) is 0 Å². The minimum Gasteiger partial charge on any atom is -0.325 e. The summed E-state index contributed by atoms with van der Waals surface area (Å²) in [5, 5.41) is 8.81. The minimum absolute atomic E-state index is 0.0270. The molecule has 0 saturated carbocycles. The molecule has 1 atom stereocenters. The summed E-state index contributed by atoms with van der Waals surface area (Å²) >= 11 is 0. The highest BCUT2D eigenvalue weighted by Gasteiger charge is 2.10. The Kier molecular flexibility index (Phi) is 4.70. The third kappa shape index (κ3) is 3.34. The van der Waals surface area contributed by atoms with Crippen molar-refractivity contribution in [2.45, 2.75) is 19.4 Å². The van der Waals surface area contributed by atoms with E-state index in [1.54, 1.807) is 6.20 Å². The molecule has 4 nitrogen and oxygen atoms in total. The van der Waals surface area contributed by atoms with Gasteiger partial charge in [-0.25, -0.2) is 4.98 Å². The molecule has 1 aromatic carbocycles. The zero-order valence-corrected chi connectivity index (χ0v) is 11.5. The van der Waals surface area contributed by atoms with Gasteiger partial charge in [0.25, 0.3) is 0 Å². The van der Waals surface area contributed by atoms with Crippen molar-refractivity contribution in [1.82, 2.24) is 4.98 Å². The van der Waals surface area contributed by atoms with Gasteiger partial charge in [0.2, 0.25) is 0 Å². The van der Waals surface area contributed by atoms with E-state index in [2.05, 4.69) is 11.1 Å². The number of nitriles is 1. The first-order valence-electron chi connectivity index (χ1n) is 6.63. The molecule has 0 aliphatic rings. The monoisotopic (exact) mass is 266 g/mol. The van der Waals surface area contributed by atoms with Crippen LogP contribution in [0, 0.1) is 11.3 Å². The molecule has 0 unspecified atom stereocenters. The molecule has 4 heteroatoms. The average Bonchev–Trinajstić information content (AvgIpc) is 2.49. The molecule has 0 fully saturated rings. The Morgan fingerprint density at radius 1 is 1.25 bits per heavy atom. The van der Waals surface area contributed by atoms with Gasteiger partial charge in [-0.15, -0.1) is 0 Å². The summed E-state index contributed by atoms with van der Waals surface area (Å²) in [5.41, 5.74) is 7.87. The molecule has 0 spiro atoms. The van der Waals surface area contributed by atoms with Crippen LogP contribution in [-0.2, 0) is 0 Å². The van der Waals surface area contributed by atoms with Crippen LogP contribution >= 0.6 is 0 Å². The molecule has 1 heterocycles. The van der Waals surface area contributed by atoms with Gasteiger partial charge in [-0.1, -0.05) is 24.3 Å². The molecule has 2 aromatic rings. The molecule has 0 bridgehead atoms. The highest BCUT2D eigenvalue weighted by atomic mass is 15.2. The lowest BCUT2D eigenvalue weighted by Gasteiger charge is -2.23. The summed E-state index contributed by atoms with van der Waals surface area (Å²) in [6, 6.07) is 16.0. The predicted molar refractivity (Wildman–Crippen MR) is 80.5 cm³/mol. The molecule has 0 aliphatic carbocycles. The van der Waals surface area contributed by atoms with E-state index in [1.807, 2.05) is 54.3 Å². The molecule has 2 N–H and O–H groups in total. The van der Waals surface area contributed by atoms with Crippen LogP contribution in [0.4, 0.5) is 11.5 Å². The predicted octanol–water partition coefficient (Wildman–Crippen LogP) is 3.15. The van der Waals surface area contributed by atoms with Gasteiger partial charge in [0, 0.05) is 24.5 Å².